The van der Waals surface area contributed by atoms with Crippen LogP contribution >= 0.6 is 0 Å². The third kappa shape index (κ3) is 4.23. The Morgan fingerprint density at radius 1 is 1.22 bits per heavy atom. The molecule has 0 saturated heterocycles. The number of carbonyl (C=O) groups is 1. The summed E-state index contributed by atoms with van der Waals surface area (Å²) < 4.78 is 6.95. The number of methoxy groups -OCH3 is 1. The predicted molar refractivity (Wildman–Crippen MR) is 127 cm³/mol. The number of esters is 1. The molecule has 3 aromatic rings. The van der Waals surface area contributed by atoms with Gasteiger partial charge >= 0.3 is 5.97 Å². The minimum absolute atomic E-state index is 0.178. The van der Waals surface area contributed by atoms with Gasteiger partial charge in [-0.05, 0) is 86.8 Å². The lowest BCUT2D eigenvalue weighted by Gasteiger charge is -2.30. The number of aromatic amines is 1. The first-order chi connectivity index (χ1) is 15.2. The molecule has 6 nitrogen and oxygen atoms in total. The molecule has 4 rings (SSSR count). The van der Waals surface area contributed by atoms with Gasteiger partial charge in [0.05, 0.1) is 18.5 Å². The molecular weight excluding hydrogens is 400 g/mol. The lowest BCUT2D eigenvalue weighted by molar-refractivity contribution is -0.140. The molecule has 1 aliphatic carbocycles. The van der Waals surface area contributed by atoms with Gasteiger partial charge in [-0.25, -0.2) is 0 Å². The number of nitrogens with zero attached hydrogens (tertiary/aromatic N) is 3. The second-order valence-electron chi connectivity index (χ2n) is 9.76. The average molecular weight is 435 g/mol. The fourth-order valence-corrected chi connectivity index (χ4v) is 4.93. The largest absolute Gasteiger partial charge is 0.469 e. The van der Waals surface area contributed by atoms with E-state index in [4.69, 9.17) is 9.84 Å². The summed E-state index contributed by atoms with van der Waals surface area (Å²) in [4.78, 5) is 11.6. The fourth-order valence-electron chi connectivity index (χ4n) is 4.93. The first-order valence-corrected chi connectivity index (χ1v) is 11.5. The van der Waals surface area contributed by atoms with Crippen molar-refractivity contribution in [1.29, 1.82) is 0 Å². The maximum Gasteiger partial charge on any atom is 0.305 e. The molecule has 0 spiro atoms. The monoisotopic (exact) mass is 434 g/mol. The van der Waals surface area contributed by atoms with Gasteiger partial charge in [-0.3, -0.25) is 14.6 Å². The van der Waals surface area contributed by atoms with Gasteiger partial charge in [-0.1, -0.05) is 13.8 Å². The highest BCUT2D eigenvalue weighted by Crippen LogP contribution is 2.39. The molecule has 0 amide bonds. The molecule has 6 heteroatoms. The minimum atomic E-state index is -0.178. The van der Waals surface area contributed by atoms with Crippen molar-refractivity contribution in [2.45, 2.75) is 73.3 Å². The van der Waals surface area contributed by atoms with Crippen molar-refractivity contribution >= 4 is 5.97 Å². The zero-order chi connectivity index (χ0) is 23.0. The summed E-state index contributed by atoms with van der Waals surface area (Å²) in [5.74, 6) is -0.178. The van der Waals surface area contributed by atoms with Crippen LogP contribution in [0.25, 0.3) is 22.6 Å². The molecule has 1 aromatic carbocycles. The van der Waals surface area contributed by atoms with Crippen molar-refractivity contribution in [3.8, 4) is 22.6 Å². The van der Waals surface area contributed by atoms with Gasteiger partial charge in [0.2, 0.25) is 0 Å². The van der Waals surface area contributed by atoms with Gasteiger partial charge in [-0.2, -0.15) is 10.2 Å². The summed E-state index contributed by atoms with van der Waals surface area (Å²) in [6.07, 6.45) is 4.38. The lowest BCUT2D eigenvalue weighted by Crippen LogP contribution is -2.24. The standard InChI is InChI=1S/C26H34N4O2/c1-7-30-23-15-26(4,5)11-10-20(23)25(29-30)22-14-21(27-28-22)18-12-16(2)19(17(3)13-18)8-9-24(31)32-6/h12-14H,7-11,15H2,1-6H3,(H,27,28). The Balaban J connectivity index is 1.64. The van der Waals surface area contributed by atoms with E-state index in [-0.39, 0.29) is 5.97 Å². The highest BCUT2D eigenvalue weighted by molar-refractivity contribution is 5.71. The number of nitrogens with one attached hydrogen (secondary N) is 1. The predicted octanol–water partition coefficient (Wildman–Crippen LogP) is 5.20. The molecule has 32 heavy (non-hydrogen) atoms. The van der Waals surface area contributed by atoms with E-state index in [0.29, 0.717) is 18.3 Å². The van der Waals surface area contributed by atoms with Crippen LogP contribution in [0, 0.1) is 19.3 Å². The van der Waals surface area contributed by atoms with Gasteiger partial charge in [0.1, 0.15) is 5.69 Å². The van der Waals surface area contributed by atoms with E-state index in [2.05, 4.69) is 67.7 Å². The summed E-state index contributed by atoms with van der Waals surface area (Å²) in [5, 5.41) is 12.8. The Hall–Kier alpha value is -2.89. The van der Waals surface area contributed by atoms with Gasteiger partial charge < -0.3 is 4.74 Å². The average Bonchev–Trinajstić information content (AvgIpc) is 3.36. The Morgan fingerprint density at radius 2 is 1.94 bits per heavy atom. The van der Waals surface area contributed by atoms with Crippen LogP contribution in [0.5, 0.6) is 0 Å². The maximum absolute atomic E-state index is 11.6. The number of aryl methyl sites for hydroxylation is 3. The molecule has 170 valence electrons. The van der Waals surface area contributed by atoms with Crippen LogP contribution in [0.2, 0.25) is 0 Å². The second-order valence-corrected chi connectivity index (χ2v) is 9.76. The van der Waals surface area contributed by atoms with Crippen LogP contribution in [-0.2, 0) is 35.3 Å². The molecule has 0 bridgehead atoms. The van der Waals surface area contributed by atoms with E-state index in [1.807, 2.05) is 0 Å². The number of hydrogen-bond donors (Lipinski definition) is 1. The van der Waals surface area contributed by atoms with E-state index in [1.165, 1.54) is 41.5 Å². The summed E-state index contributed by atoms with van der Waals surface area (Å²) in [7, 11) is 1.43. The number of carbonyl (C=O) groups excluding carboxylic acids is 1. The molecule has 0 unspecified atom stereocenters. The van der Waals surface area contributed by atoms with Crippen molar-refractivity contribution < 1.29 is 9.53 Å². The topological polar surface area (TPSA) is 72.8 Å². The Morgan fingerprint density at radius 3 is 2.59 bits per heavy atom. The van der Waals surface area contributed by atoms with Gasteiger partial charge in [0.25, 0.3) is 0 Å². The Labute approximate surface area is 190 Å². The number of rotatable bonds is 6. The molecule has 0 aliphatic heterocycles. The van der Waals surface area contributed by atoms with Crippen molar-refractivity contribution in [1.82, 2.24) is 20.0 Å². The molecule has 2 heterocycles. The normalized spacial score (nSPS) is 14.9. The number of H-pyrrole nitrogens is 1. The molecule has 1 aliphatic rings. The van der Waals surface area contributed by atoms with E-state index in [0.717, 1.165) is 42.0 Å². The van der Waals surface area contributed by atoms with Gasteiger partial charge in [0.15, 0.2) is 0 Å². The van der Waals surface area contributed by atoms with Crippen molar-refractivity contribution in [3.05, 3.63) is 46.1 Å². The first-order valence-electron chi connectivity index (χ1n) is 11.5. The number of aromatic nitrogens is 4. The molecule has 0 saturated carbocycles. The number of hydrogen-bond acceptors (Lipinski definition) is 4. The SMILES string of the molecule is CCn1nc(-c2cc(-c3cc(C)c(CCC(=O)OC)c(C)c3)n[nH]2)c2c1CC(C)(C)CC2. The summed E-state index contributed by atoms with van der Waals surface area (Å²) in [6, 6.07) is 6.43. The second kappa shape index (κ2) is 8.57. The van der Waals surface area contributed by atoms with Gasteiger partial charge in [-0.15, -0.1) is 0 Å². The van der Waals surface area contributed by atoms with Crippen LogP contribution in [0.1, 0.15) is 61.6 Å². The van der Waals surface area contributed by atoms with Crippen molar-refractivity contribution in [2.75, 3.05) is 7.11 Å². The first kappa shape index (κ1) is 22.3. The quantitative estimate of drug-likeness (QED) is 0.542. The van der Waals surface area contributed by atoms with E-state index in [9.17, 15) is 4.79 Å². The molecule has 2 aromatic heterocycles. The molecule has 0 radical (unpaired) electrons. The smallest absolute Gasteiger partial charge is 0.305 e. The highest BCUT2D eigenvalue weighted by atomic mass is 16.5. The summed E-state index contributed by atoms with van der Waals surface area (Å²) in [6.45, 7) is 11.9. The van der Waals surface area contributed by atoms with Crippen LogP contribution in [0.4, 0.5) is 0 Å². The third-order valence-electron chi connectivity index (χ3n) is 6.80. The Kier molecular flexibility index (Phi) is 5.97. The zero-order valence-electron chi connectivity index (χ0n) is 20.1. The molecule has 0 fully saturated rings. The fraction of sp³-hybridized carbons (Fsp3) is 0.500. The van der Waals surface area contributed by atoms with E-state index >= 15 is 0 Å². The molecule has 1 N–H and O–H groups in total. The number of ether oxygens (including phenoxy) is 1. The minimum Gasteiger partial charge on any atom is -0.469 e. The number of benzene rings is 1. The number of fused-ring (bicyclic) bond motifs is 1. The highest BCUT2D eigenvalue weighted by Gasteiger charge is 2.31. The van der Waals surface area contributed by atoms with Crippen molar-refractivity contribution in [3.63, 3.8) is 0 Å². The van der Waals surface area contributed by atoms with Crippen LogP contribution in [0.3, 0.4) is 0 Å². The zero-order valence-corrected chi connectivity index (χ0v) is 20.1. The Bertz CT molecular complexity index is 1130. The van der Waals surface area contributed by atoms with Crippen molar-refractivity contribution in [2.24, 2.45) is 5.41 Å². The van der Waals surface area contributed by atoms with E-state index < -0.39 is 0 Å². The van der Waals surface area contributed by atoms with Crippen LogP contribution in [-0.4, -0.2) is 33.1 Å². The van der Waals surface area contributed by atoms with Crippen LogP contribution < -0.4 is 0 Å². The third-order valence-corrected chi connectivity index (χ3v) is 6.80. The molecule has 0 atom stereocenters. The lowest BCUT2D eigenvalue weighted by atomic mass is 9.76. The van der Waals surface area contributed by atoms with Gasteiger partial charge in [0, 0.05) is 29.8 Å². The summed E-state index contributed by atoms with van der Waals surface area (Å²) in [5.41, 5.74) is 10.6. The molecular formula is C26H34N4O2. The van der Waals surface area contributed by atoms with Crippen LogP contribution in [0.15, 0.2) is 18.2 Å². The van der Waals surface area contributed by atoms with E-state index in [1.54, 1.807) is 0 Å². The maximum atomic E-state index is 11.6. The summed E-state index contributed by atoms with van der Waals surface area (Å²) >= 11 is 0.